The van der Waals surface area contributed by atoms with Gasteiger partial charge in [-0.3, -0.25) is 4.79 Å². The van der Waals surface area contributed by atoms with E-state index >= 15 is 0 Å². The summed E-state index contributed by atoms with van der Waals surface area (Å²) in [6.07, 6.45) is 0.436. The predicted molar refractivity (Wildman–Crippen MR) is 58.4 cm³/mol. The molecule has 0 saturated carbocycles. The Labute approximate surface area is 93.4 Å². The lowest BCUT2D eigenvalue weighted by Crippen LogP contribution is -2.33. The summed E-state index contributed by atoms with van der Waals surface area (Å²) in [5.74, 6) is -0.751. The summed E-state index contributed by atoms with van der Waals surface area (Å²) in [6, 6.07) is 3.54. The lowest BCUT2D eigenvalue weighted by atomic mass is 10.1. The van der Waals surface area contributed by atoms with Crippen molar-refractivity contribution in [2.24, 2.45) is 0 Å². The highest BCUT2D eigenvalue weighted by Gasteiger charge is 2.13. The molecule has 1 rings (SSSR count). The number of rotatable bonds is 4. The number of nitrogens with one attached hydrogen (secondary N) is 1. The molecule has 0 aliphatic rings. The highest BCUT2D eigenvalue weighted by atomic mass is 16.3. The van der Waals surface area contributed by atoms with Crippen molar-refractivity contribution in [3.8, 4) is 11.5 Å². The van der Waals surface area contributed by atoms with Crippen molar-refractivity contribution in [1.82, 2.24) is 5.32 Å². The number of aliphatic hydroxyl groups excluding tert-OH is 1. The minimum absolute atomic E-state index is 0.0183. The number of aromatic hydroxyl groups is 2. The Hall–Kier alpha value is -1.75. The van der Waals surface area contributed by atoms with Crippen LogP contribution < -0.4 is 5.32 Å². The van der Waals surface area contributed by atoms with E-state index < -0.39 is 5.91 Å². The molecule has 16 heavy (non-hydrogen) atoms. The Bertz CT molecular complexity index is 378. The third-order valence-corrected chi connectivity index (χ3v) is 2.16. The van der Waals surface area contributed by atoms with Crippen molar-refractivity contribution in [1.29, 1.82) is 0 Å². The van der Waals surface area contributed by atoms with Crippen molar-refractivity contribution in [2.75, 3.05) is 6.61 Å². The fraction of sp³-hybridized carbons (Fsp3) is 0.364. The van der Waals surface area contributed by atoms with Crippen LogP contribution >= 0.6 is 0 Å². The van der Waals surface area contributed by atoms with Crippen LogP contribution in [0.2, 0.25) is 0 Å². The molecular formula is C11H15NO4. The van der Waals surface area contributed by atoms with Gasteiger partial charge in [0.05, 0.1) is 5.56 Å². The van der Waals surface area contributed by atoms with Gasteiger partial charge >= 0.3 is 0 Å². The van der Waals surface area contributed by atoms with Gasteiger partial charge in [0.2, 0.25) is 0 Å². The van der Waals surface area contributed by atoms with Crippen LogP contribution in [-0.2, 0) is 0 Å². The van der Waals surface area contributed by atoms with Crippen LogP contribution in [0.15, 0.2) is 18.2 Å². The third kappa shape index (κ3) is 3.13. The molecule has 0 spiro atoms. The molecule has 1 aromatic carbocycles. The maximum absolute atomic E-state index is 11.6. The largest absolute Gasteiger partial charge is 0.508 e. The number of phenols is 2. The minimum atomic E-state index is -0.477. The second kappa shape index (κ2) is 5.37. The lowest BCUT2D eigenvalue weighted by Gasteiger charge is -2.13. The molecule has 1 aromatic rings. The predicted octanol–water partition coefficient (Wildman–Crippen LogP) is 0.599. The molecule has 0 radical (unpaired) electrons. The van der Waals surface area contributed by atoms with E-state index in [9.17, 15) is 15.0 Å². The van der Waals surface area contributed by atoms with Crippen LogP contribution in [0.25, 0.3) is 0 Å². The summed E-state index contributed by atoms with van der Waals surface area (Å²) in [5.41, 5.74) is 0.0183. The zero-order valence-corrected chi connectivity index (χ0v) is 8.97. The second-order valence-electron chi connectivity index (χ2n) is 3.59. The van der Waals surface area contributed by atoms with Gasteiger partial charge in [-0.2, -0.15) is 0 Å². The molecule has 0 aromatic heterocycles. The molecule has 5 nitrogen and oxygen atoms in total. The van der Waals surface area contributed by atoms with Crippen LogP contribution in [0.1, 0.15) is 23.7 Å². The van der Waals surface area contributed by atoms with E-state index in [-0.39, 0.29) is 29.7 Å². The Morgan fingerprint density at radius 3 is 2.75 bits per heavy atom. The summed E-state index contributed by atoms with van der Waals surface area (Å²) in [6.45, 7) is 1.72. The van der Waals surface area contributed by atoms with Crippen molar-refractivity contribution in [3.63, 3.8) is 0 Å². The van der Waals surface area contributed by atoms with Crippen molar-refractivity contribution in [2.45, 2.75) is 19.4 Å². The van der Waals surface area contributed by atoms with Gasteiger partial charge in [0, 0.05) is 12.6 Å². The number of carbonyl (C=O) groups is 1. The second-order valence-corrected chi connectivity index (χ2v) is 3.59. The Balaban J connectivity index is 2.76. The van der Waals surface area contributed by atoms with Crippen LogP contribution in [0, 0.1) is 0 Å². The lowest BCUT2D eigenvalue weighted by molar-refractivity contribution is 0.0931. The SMILES string of the molecule is CC(CCO)NC(=O)c1cc(O)ccc1O. The molecule has 0 saturated heterocycles. The number of benzene rings is 1. The van der Waals surface area contributed by atoms with Gasteiger partial charge < -0.3 is 20.6 Å². The smallest absolute Gasteiger partial charge is 0.255 e. The van der Waals surface area contributed by atoms with Crippen LogP contribution in [0.4, 0.5) is 0 Å². The zero-order chi connectivity index (χ0) is 12.1. The van der Waals surface area contributed by atoms with E-state index in [2.05, 4.69) is 5.32 Å². The first-order valence-electron chi connectivity index (χ1n) is 4.98. The highest BCUT2D eigenvalue weighted by molar-refractivity contribution is 5.97. The topological polar surface area (TPSA) is 89.8 Å². The fourth-order valence-corrected chi connectivity index (χ4v) is 1.27. The Kier molecular flexibility index (Phi) is 4.13. The molecule has 4 N–H and O–H groups in total. The van der Waals surface area contributed by atoms with Gasteiger partial charge in [-0.25, -0.2) is 0 Å². The van der Waals surface area contributed by atoms with Gasteiger partial charge in [-0.05, 0) is 31.5 Å². The van der Waals surface area contributed by atoms with Crippen LogP contribution in [-0.4, -0.2) is 33.9 Å². The van der Waals surface area contributed by atoms with E-state index in [1.165, 1.54) is 18.2 Å². The van der Waals surface area contributed by atoms with E-state index in [1.807, 2.05) is 0 Å². The molecule has 0 fully saturated rings. The van der Waals surface area contributed by atoms with Gasteiger partial charge in [0.15, 0.2) is 0 Å². The molecule has 0 aliphatic heterocycles. The van der Waals surface area contributed by atoms with Crippen LogP contribution in [0.5, 0.6) is 11.5 Å². The average Bonchev–Trinajstić information content (AvgIpc) is 2.21. The van der Waals surface area contributed by atoms with Gasteiger partial charge in [0.25, 0.3) is 5.91 Å². The summed E-state index contributed by atoms with van der Waals surface area (Å²) < 4.78 is 0. The number of aliphatic hydroxyl groups is 1. The fourth-order valence-electron chi connectivity index (χ4n) is 1.27. The van der Waals surface area contributed by atoms with Crippen molar-refractivity contribution >= 4 is 5.91 Å². The number of hydrogen-bond acceptors (Lipinski definition) is 4. The van der Waals surface area contributed by atoms with E-state index in [0.29, 0.717) is 6.42 Å². The van der Waals surface area contributed by atoms with E-state index in [0.717, 1.165) is 0 Å². The normalized spacial score (nSPS) is 12.1. The van der Waals surface area contributed by atoms with E-state index in [1.54, 1.807) is 6.92 Å². The molecule has 88 valence electrons. The maximum Gasteiger partial charge on any atom is 0.255 e. The van der Waals surface area contributed by atoms with Crippen molar-refractivity contribution in [3.05, 3.63) is 23.8 Å². The Morgan fingerprint density at radius 1 is 1.44 bits per heavy atom. The standard InChI is InChI=1S/C11H15NO4/c1-7(4-5-13)12-11(16)9-6-8(14)2-3-10(9)15/h2-3,6-7,13-15H,4-5H2,1H3,(H,12,16). The number of hydrogen-bond donors (Lipinski definition) is 4. The summed E-state index contributed by atoms with van der Waals surface area (Å²) in [5, 5.41) is 29.9. The Morgan fingerprint density at radius 2 is 2.12 bits per heavy atom. The highest BCUT2D eigenvalue weighted by Crippen LogP contribution is 2.21. The molecular weight excluding hydrogens is 210 g/mol. The molecule has 1 amide bonds. The third-order valence-electron chi connectivity index (χ3n) is 2.16. The maximum atomic E-state index is 11.6. The molecule has 1 unspecified atom stereocenters. The first-order chi connectivity index (χ1) is 7.54. The monoisotopic (exact) mass is 225 g/mol. The molecule has 0 heterocycles. The summed E-state index contributed by atoms with van der Waals surface area (Å²) in [4.78, 5) is 11.6. The van der Waals surface area contributed by atoms with E-state index in [4.69, 9.17) is 5.11 Å². The van der Waals surface area contributed by atoms with Gasteiger partial charge in [0.1, 0.15) is 11.5 Å². The molecule has 1 atom stereocenters. The molecule has 5 heteroatoms. The quantitative estimate of drug-likeness (QED) is 0.565. The number of phenolic OH excluding ortho intramolecular Hbond substituents is 2. The molecule has 0 aliphatic carbocycles. The van der Waals surface area contributed by atoms with Crippen molar-refractivity contribution < 1.29 is 20.1 Å². The zero-order valence-electron chi connectivity index (χ0n) is 8.97. The minimum Gasteiger partial charge on any atom is -0.508 e. The summed E-state index contributed by atoms with van der Waals surface area (Å²) in [7, 11) is 0. The number of carbonyl (C=O) groups excluding carboxylic acids is 1. The first-order valence-corrected chi connectivity index (χ1v) is 4.98. The first kappa shape index (κ1) is 12.3. The van der Waals surface area contributed by atoms with Gasteiger partial charge in [-0.15, -0.1) is 0 Å². The summed E-state index contributed by atoms with van der Waals surface area (Å²) >= 11 is 0. The van der Waals surface area contributed by atoms with Crippen LogP contribution in [0.3, 0.4) is 0 Å². The molecule has 0 bridgehead atoms. The van der Waals surface area contributed by atoms with Gasteiger partial charge in [-0.1, -0.05) is 0 Å². The average molecular weight is 225 g/mol. The number of amides is 1.